The van der Waals surface area contributed by atoms with Crippen molar-refractivity contribution in [1.82, 2.24) is 4.98 Å². The molecule has 2 amide bonds. The topological polar surface area (TPSA) is 65.5 Å². The lowest BCUT2D eigenvalue weighted by atomic mass is 9.91. The van der Waals surface area contributed by atoms with E-state index in [1.807, 2.05) is 0 Å². The van der Waals surface area contributed by atoms with Gasteiger partial charge in [0.1, 0.15) is 11.9 Å². The molecule has 3 aromatic rings. The van der Waals surface area contributed by atoms with Crippen LogP contribution >= 0.6 is 0 Å². The molecule has 1 unspecified atom stereocenters. The van der Waals surface area contributed by atoms with Gasteiger partial charge in [-0.15, -0.1) is 0 Å². The van der Waals surface area contributed by atoms with Gasteiger partial charge in [0, 0.05) is 42.0 Å². The first-order valence-corrected chi connectivity index (χ1v) is 12.0. The number of aromatic nitrogens is 1. The van der Waals surface area contributed by atoms with E-state index < -0.39 is 48.0 Å². The lowest BCUT2D eigenvalue weighted by Gasteiger charge is -2.35. The summed E-state index contributed by atoms with van der Waals surface area (Å²) < 4.78 is 56.0. The van der Waals surface area contributed by atoms with Gasteiger partial charge < -0.3 is 10.2 Å². The highest BCUT2D eigenvalue weighted by Crippen LogP contribution is 2.45. The summed E-state index contributed by atoms with van der Waals surface area (Å²) >= 11 is 0. The molecule has 10 heteroatoms. The standard InChI is InChI=1S/C27H24F4N4O2/c28-17-5-3-6-19(15-17)35(23(36)16-33-25-21(29)8-4-14-32-25)24-20-7-1-2-9-22(20)34(26(24)37)18-10-12-27(30,31)13-11-18/h1-9,14-15,18,24H,10-13,16H2,(H,32,33). The third kappa shape index (κ3) is 4.87. The second kappa shape index (κ2) is 9.84. The molecule has 0 saturated heterocycles. The summed E-state index contributed by atoms with van der Waals surface area (Å²) in [7, 11) is 0. The van der Waals surface area contributed by atoms with E-state index in [0.29, 0.717) is 11.3 Å². The van der Waals surface area contributed by atoms with Crippen molar-refractivity contribution in [3.05, 3.63) is 84.1 Å². The van der Waals surface area contributed by atoms with Crippen LogP contribution in [0, 0.1) is 11.6 Å². The van der Waals surface area contributed by atoms with Crippen LogP contribution in [0.4, 0.5) is 34.8 Å². The van der Waals surface area contributed by atoms with Crippen LogP contribution < -0.4 is 15.1 Å². The lowest BCUT2D eigenvalue weighted by molar-refractivity contribution is -0.124. The van der Waals surface area contributed by atoms with E-state index in [4.69, 9.17) is 0 Å². The molecule has 1 fully saturated rings. The summed E-state index contributed by atoms with van der Waals surface area (Å²) in [6.07, 6.45) is 0.936. The summed E-state index contributed by atoms with van der Waals surface area (Å²) in [5.41, 5.74) is 1.18. The number of rotatable bonds is 6. The van der Waals surface area contributed by atoms with Gasteiger partial charge in [-0.25, -0.2) is 22.5 Å². The number of hydrogen-bond donors (Lipinski definition) is 1. The number of pyridine rings is 1. The van der Waals surface area contributed by atoms with Crippen LogP contribution in [0.15, 0.2) is 66.9 Å². The van der Waals surface area contributed by atoms with Crippen molar-refractivity contribution < 1.29 is 27.2 Å². The van der Waals surface area contributed by atoms with E-state index in [1.165, 1.54) is 46.3 Å². The van der Waals surface area contributed by atoms with Gasteiger partial charge in [0.25, 0.3) is 5.91 Å². The van der Waals surface area contributed by atoms with Crippen molar-refractivity contribution in [2.75, 3.05) is 21.7 Å². The molecule has 37 heavy (non-hydrogen) atoms. The van der Waals surface area contributed by atoms with Crippen molar-refractivity contribution >= 4 is 29.0 Å². The summed E-state index contributed by atoms with van der Waals surface area (Å²) in [6, 6.07) is 13.1. The highest BCUT2D eigenvalue weighted by Gasteiger charge is 2.47. The molecule has 6 nitrogen and oxygen atoms in total. The number of anilines is 3. The fourth-order valence-corrected chi connectivity index (χ4v) is 5.05. The van der Waals surface area contributed by atoms with Crippen molar-refractivity contribution in [2.24, 2.45) is 0 Å². The van der Waals surface area contributed by atoms with Gasteiger partial charge in [0.15, 0.2) is 11.6 Å². The molecule has 0 radical (unpaired) electrons. The molecule has 0 bridgehead atoms. The number of fused-ring (bicyclic) bond motifs is 1. The highest BCUT2D eigenvalue weighted by atomic mass is 19.3. The van der Waals surface area contributed by atoms with Crippen LogP contribution in [-0.2, 0) is 9.59 Å². The number of carbonyl (C=O) groups is 2. The van der Waals surface area contributed by atoms with E-state index in [2.05, 4.69) is 10.3 Å². The minimum atomic E-state index is -2.77. The molecular formula is C27H24F4N4O2. The molecular weight excluding hydrogens is 488 g/mol. The lowest BCUT2D eigenvalue weighted by Crippen LogP contribution is -2.47. The largest absolute Gasteiger partial charge is 0.359 e. The zero-order valence-electron chi connectivity index (χ0n) is 19.7. The number of carbonyl (C=O) groups excluding carboxylic acids is 2. The molecule has 2 aromatic carbocycles. The van der Waals surface area contributed by atoms with Crippen LogP contribution in [0.5, 0.6) is 0 Å². The summed E-state index contributed by atoms with van der Waals surface area (Å²) in [6.45, 7) is -0.425. The number of para-hydroxylation sites is 1. The molecule has 2 aliphatic rings. The normalized spacial score (nSPS) is 19.0. The summed E-state index contributed by atoms with van der Waals surface area (Å²) in [5, 5.41) is 2.64. The van der Waals surface area contributed by atoms with Crippen LogP contribution in [-0.4, -0.2) is 35.3 Å². The third-order valence-corrected chi connectivity index (χ3v) is 6.79. The SMILES string of the molecule is O=C1C(N(C(=O)CNc2ncccc2F)c2cccc(F)c2)c2ccccc2N1C1CCC(F)(F)CC1. The van der Waals surface area contributed by atoms with Crippen LogP contribution in [0.25, 0.3) is 0 Å². The zero-order valence-corrected chi connectivity index (χ0v) is 19.7. The van der Waals surface area contributed by atoms with Gasteiger partial charge in [-0.05, 0) is 49.2 Å². The molecule has 5 rings (SSSR count). The second-order valence-electron chi connectivity index (χ2n) is 9.19. The minimum Gasteiger partial charge on any atom is -0.359 e. The maximum Gasteiger partial charge on any atom is 0.255 e. The fraction of sp³-hybridized carbons (Fsp3) is 0.296. The van der Waals surface area contributed by atoms with Gasteiger partial charge in [0.2, 0.25) is 11.8 Å². The van der Waals surface area contributed by atoms with E-state index in [-0.39, 0.29) is 37.2 Å². The van der Waals surface area contributed by atoms with Gasteiger partial charge in [-0.2, -0.15) is 0 Å². The second-order valence-corrected chi connectivity index (χ2v) is 9.19. The number of amides is 2. The Kier molecular flexibility index (Phi) is 6.57. The van der Waals surface area contributed by atoms with Gasteiger partial charge in [-0.1, -0.05) is 24.3 Å². The predicted molar refractivity (Wildman–Crippen MR) is 130 cm³/mol. The molecule has 1 atom stereocenters. The number of alkyl halides is 2. The Morgan fingerprint density at radius 1 is 1.05 bits per heavy atom. The maximum absolute atomic E-state index is 14.2. The van der Waals surface area contributed by atoms with Crippen molar-refractivity contribution in [2.45, 2.75) is 43.7 Å². The van der Waals surface area contributed by atoms with Gasteiger partial charge >= 0.3 is 0 Å². The minimum absolute atomic E-state index is 0.119. The Labute approximate surface area is 210 Å². The molecule has 1 aromatic heterocycles. The van der Waals surface area contributed by atoms with E-state index >= 15 is 0 Å². The average Bonchev–Trinajstić information content (AvgIpc) is 3.16. The third-order valence-electron chi connectivity index (χ3n) is 6.79. The van der Waals surface area contributed by atoms with Crippen LogP contribution in [0.2, 0.25) is 0 Å². The fourth-order valence-electron chi connectivity index (χ4n) is 5.05. The van der Waals surface area contributed by atoms with Crippen molar-refractivity contribution in [1.29, 1.82) is 0 Å². The smallest absolute Gasteiger partial charge is 0.255 e. The number of nitrogens with zero attached hydrogens (tertiary/aromatic N) is 3. The first kappa shape index (κ1) is 24.7. The molecule has 1 aliphatic carbocycles. The number of halogens is 4. The number of hydrogen-bond acceptors (Lipinski definition) is 4. The zero-order chi connectivity index (χ0) is 26.2. The van der Waals surface area contributed by atoms with Gasteiger partial charge in [0.05, 0.1) is 6.54 Å². The average molecular weight is 513 g/mol. The monoisotopic (exact) mass is 512 g/mol. The van der Waals surface area contributed by atoms with Gasteiger partial charge in [-0.3, -0.25) is 14.5 Å². The summed E-state index contributed by atoms with van der Waals surface area (Å²) in [4.78, 5) is 34.0. The van der Waals surface area contributed by atoms with Crippen molar-refractivity contribution in [3.8, 4) is 0 Å². The Hall–Kier alpha value is -3.95. The van der Waals surface area contributed by atoms with Crippen molar-refractivity contribution in [3.63, 3.8) is 0 Å². The Balaban J connectivity index is 1.51. The molecule has 1 aliphatic heterocycles. The number of nitrogens with one attached hydrogen (secondary N) is 1. The molecule has 1 N–H and O–H groups in total. The quantitative estimate of drug-likeness (QED) is 0.445. The first-order valence-electron chi connectivity index (χ1n) is 12.0. The highest BCUT2D eigenvalue weighted by molar-refractivity contribution is 6.12. The maximum atomic E-state index is 14.2. The van der Waals surface area contributed by atoms with Crippen LogP contribution in [0.3, 0.4) is 0 Å². The molecule has 2 heterocycles. The van der Waals surface area contributed by atoms with Crippen LogP contribution in [0.1, 0.15) is 37.3 Å². The van der Waals surface area contributed by atoms with E-state index in [0.717, 1.165) is 6.07 Å². The molecule has 1 saturated carbocycles. The molecule has 0 spiro atoms. The Morgan fingerprint density at radius 2 is 1.81 bits per heavy atom. The predicted octanol–water partition coefficient (Wildman–Crippen LogP) is 5.47. The van der Waals surface area contributed by atoms with E-state index in [1.54, 1.807) is 24.3 Å². The van der Waals surface area contributed by atoms with E-state index in [9.17, 15) is 27.2 Å². The first-order chi connectivity index (χ1) is 17.7. The molecule has 192 valence electrons. The summed E-state index contributed by atoms with van der Waals surface area (Å²) in [5.74, 6) is -5.26. The number of benzene rings is 2. The Bertz CT molecular complexity index is 1330. The Morgan fingerprint density at radius 3 is 2.54 bits per heavy atom.